The Bertz CT molecular complexity index is 656. The van der Waals surface area contributed by atoms with E-state index in [1.165, 1.54) is 5.56 Å². The molecule has 1 saturated heterocycles. The van der Waals surface area contributed by atoms with Gasteiger partial charge in [0.1, 0.15) is 0 Å². The summed E-state index contributed by atoms with van der Waals surface area (Å²) < 4.78 is 7.16. The quantitative estimate of drug-likeness (QED) is 0.910. The summed E-state index contributed by atoms with van der Waals surface area (Å²) in [6.45, 7) is 1.46. The third-order valence-corrected chi connectivity index (χ3v) is 4.23. The number of anilines is 1. The summed E-state index contributed by atoms with van der Waals surface area (Å²) in [7, 11) is 3.63. The second-order valence-electron chi connectivity index (χ2n) is 5.92. The highest BCUT2D eigenvalue weighted by molar-refractivity contribution is 5.94. The van der Waals surface area contributed by atoms with Crippen LogP contribution in [0.3, 0.4) is 0 Å². The molecule has 1 aromatic heterocycles. The molecule has 122 valence electrons. The number of aromatic nitrogens is 2. The lowest BCUT2D eigenvalue weighted by molar-refractivity contribution is -0.120. The summed E-state index contributed by atoms with van der Waals surface area (Å²) in [6.07, 6.45) is 2.70. The van der Waals surface area contributed by atoms with Crippen LogP contribution in [0.25, 0.3) is 0 Å². The summed E-state index contributed by atoms with van der Waals surface area (Å²) in [6, 6.07) is 11.8. The Balaban J connectivity index is 1.59. The van der Waals surface area contributed by atoms with Crippen LogP contribution in [0.1, 0.15) is 12.0 Å². The first kappa shape index (κ1) is 15.7. The van der Waals surface area contributed by atoms with Crippen molar-refractivity contribution < 1.29 is 9.53 Å². The summed E-state index contributed by atoms with van der Waals surface area (Å²) in [4.78, 5) is 14.4. The maximum atomic E-state index is 12.4. The topological polar surface area (TPSA) is 59.4 Å². The predicted molar refractivity (Wildman–Crippen MR) is 88.2 cm³/mol. The van der Waals surface area contributed by atoms with Gasteiger partial charge < -0.3 is 10.1 Å². The van der Waals surface area contributed by atoms with Crippen molar-refractivity contribution >= 4 is 11.7 Å². The molecule has 2 aromatic rings. The van der Waals surface area contributed by atoms with E-state index < -0.39 is 0 Å². The molecule has 0 radical (unpaired) electrons. The molecule has 0 bridgehead atoms. The van der Waals surface area contributed by atoms with E-state index in [-0.39, 0.29) is 18.1 Å². The van der Waals surface area contributed by atoms with Crippen molar-refractivity contribution in [1.82, 2.24) is 14.7 Å². The van der Waals surface area contributed by atoms with Crippen molar-refractivity contribution in [2.75, 3.05) is 26.0 Å². The zero-order valence-electron chi connectivity index (χ0n) is 13.5. The molecule has 6 heteroatoms. The first-order valence-corrected chi connectivity index (χ1v) is 7.77. The van der Waals surface area contributed by atoms with Gasteiger partial charge in [-0.25, -0.2) is 0 Å². The van der Waals surface area contributed by atoms with Gasteiger partial charge in [0.2, 0.25) is 5.91 Å². The highest BCUT2D eigenvalue weighted by atomic mass is 16.5. The standard InChI is InChI=1S/C17H22N4O2/c1-20-12-14(23-2)10-15(20)17(22)18-16-8-9-21(19-16)11-13-6-4-3-5-7-13/h3-9,14-15H,10-12H2,1-2H3,(H,18,19,22)/t14-,15-/m0/s1. The zero-order chi connectivity index (χ0) is 16.2. The third-order valence-electron chi connectivity index (χ3n) is 4.23. The molecule has 0 saturated carbocycles. The number of carbonyl (C=O) groups is 1. The van der Waals surface area contributed by atoms with E-state index in [9.17, 15) is 4.79 Å². The molecule has 0 unspecified atom stereocenters. The normalized spacial score (nSPS) is 21.5. The average Bonchev–Trinajstić information content (AvgIpc) is 3.14. The fraction of sp³-hybridized carbons (Fsp3) is 0.412. The number of methoxy groups -OCH3 is 1. The summed E-state index contributed by atoms with van der Waals surface area (Å²) in [5, 5.41) is 7.31. The Hall–Kier alpha value is -2.18. The number of nitrogens with one attached hydrogen (secondary N) is 1. The number of rotatable bonds is 5. The fourth-order valence-corrected chi connectivity index (χ4v) is 2.93. The molecule has 0 aliphatic carbocycles. The van der Waals surface area contributed by atoms with Crippen molar-refractivity contribution in [3.8, 4) is 0 Å². The Labute approximate surface area is 136 Å². The number of nitrogens with zero attached hydrogens (tertiary/aromatic N) is 3. The van der Waals surface area contributed by atoms with Gasteiger partial charge >= 0.3 is 0 Å². The Morgan fingerprint density at radius 3 is 2.83 bits per heavy atom. The number of amides is 1. The molecule has 1 aliphatic rings. The van der Waals surface area contributed by atoms with Crippen LogP contribution in [0.5, 0.6) is 0 Å². The maximum absolute atomic E-state index is 12.4. The first-order chi connectivity index (χ1) is 11.2. The molecule has 2 atom stereocenters. The van der Waals surface area contributed by atoms with Gasteiger partial charge in [0.15, 0.2) is 5.82 Å². The second-order valence-corrected chi connectivity index (χ2v) is 5.92. The summed E-state index contributed by atoms with van der Waals surface area (Å²) >= 11 is 0. The number of benzene rings is 1. The van der Waals surface area contributed by atoms with Crippen LogP contribution in [-0.2, 0) is 16.1 Å². The Kier molecular flexibility index (Phi) is 4.73. The molecule has 1 fully saturated rings. The van der Waals surface area contributed by atoms with Crippen LogP contribution in [0, 0.1) is 0 Å². The van der Waals surface area contributed by atoms with E-state index in [0.717, 1.165) is 6.54 Å². The zero-order valence-corrected chi connectivity index (χ0v) is 13.5. The molecule has 0 spiro atoms. The SMILES string of the molecule is CO[C@H]1C[C@@H](C(=O)Nc2ccn(Cc3ccccc3)n2)N(C)C1. The van der Waals surface area contributed by atoms with Crippen molar-refractivity contribution in [2.24, 2.45) is 0 Å². The lowest BCUT2D eigenvalue weighted by Gasteiger charge is -2.17. The van der Waals surface area contributed by atoms with Crippen molar-refractivity contribution in [2.45, 2.75) is 25.1 Å². The van der Waals surface area contributed by atoms with Gasteiger partial charge in [0.25, 0.3) is 0 Å². The number of carbonyl (C=O) groups excluding carboxylic acids is 1. The van der Waals surface area contributed by atoms with Crippen LogP contribution in [0.2, 0.25) is 0 Å². The van der Waals surface area contributed by atoms with E-state index in [1.54, 1.807) is 7.11 Å². The molecule has 6 nitrogen and oxygen atoms in total. The van der Waals surface area contributed by atoms with Crippen LogP contribution in [0.4, 0.5) is 5.82 Å². The molecule has 3 rings (SSSR count). The lowest BCUT2D eigenvalue weighted by atomic mass is 10.2. The number of likely N-dealkylation sites (tertiary alicyclic amines) is 1. The Morgan fingerprint density at radius 2 is 2.13 bits per heavy atom. The van der Waals surface area contributed by atoms with Gasteiger partial charge in [0, 0.05) is 25.9 Å². The minimum Gasteiger partial charge on any atom is -0.380 e. The van der Waals surface area contributed by atoms with Crippen LogP contribution < -0.4 is 5.32 Å². The van der Waals surface area contributed by atoms with Gasteiger partial charge in [0.05, 0.1) is 18.7 Å². The van der Waals surface area contributed by atoms with E-state index >= 15 is 0 Å². The molecule has 2 heterocycles. The van der Waals surface area contributed by atoms with E-state index in [4.69, 9.17) is 4.74 Å². The van der Waals surface area contributed by atoms with Gasteiger partial charge in [-0.05, 0) is 19.0 Å². The minimum atomic E-state index is -0.167. The second kappa shape index (κ2) is 6.93. The minimum absolute atomic E-state index is 0.0305. The molecule has 23 heavy (non-hydrogen) atoms. The maximum Gasteiger partial charge on any atom is 0.243 e. The molecule has 1 amide bonds. The van der Waals surface area contributed by atoms with E-state index in [1.807, 2.05) is 47.1 Å². The van der Waals surface area contributed by atoms with Crippen LogP contribution in [-0.4, -0.2) is 53.4 Å². The van der Waals surface area contributed by atoms with Crippen LogP contribution >= 0.6 is 0 Å². The number of likely N-dealkylation sites (N-methyl/N-ethyl adjacent to an activating group) is 1. The monoisotopic (exact) mass is 314 g/mol. The third kappa shape index (κ3) is 3.78. The molecular formula is C17H22N4O2. The van der Waals surface area contributed by atoms with E-state index in [0.29, 0.717) is 18.8 Å². The lowest BCUT2D eigenvalue weighted by Crippen LogP contribution is -2.37. The highest BCUT2D eigenvalue weighted by Gasteiger charge is 2.34. The highest BCUT2D eigenvalue weighted by Crippen LogP contribution is 2.19. The van der Waals surface area contributed by atoms with Crippen molar-refractivity contribution in [3.63, 3.8) is 0 Å². The number of hydrogen-bond donors (Lipinski definition) is 1. The van der Waals surface area contributed by atoms with Crippen LogP contribution in [0.15, 0.2) is 42.6 Å². The van der Waals surface area contributed by atoms with Gasteiger partial charge in [-0.15, -0.1) is 0 Å². The smallest absolute Gasteiger partial charge is 0.243 e. The van der Waals surface area contributed by atoms with Gasteiger partial charge in [-0.1, -0.05) is 30.3 Å². The molecule has 1 aromatic carbocycles. The first-order valence-electron chi connectivity index (χ1n) is 7.77. The average molecular weight is 314 g/mol. The largest absolute Gasteiger partial charge is 0.380 e. The molecular weight excluding hydrogens is 292 g/mol. The van der Waals surface area contributed by atoms with Crippen molar-refractivity contribution in [1.29, 1.82) is 0 Å². The summed E-state index contributed by atoms with van der Waals surface area (Å²) in [5.41, 5.74) is 1.17. The molecule has 1 aliphatic heterocycles. The summed E-state index contributed by atoms with van der Waals surface area (Å²) in [5.74, 6) is 0.553. The number of hydrogen-bond acceptors (Lipinski definition) is 4. The number of ether oxygens (including phenoxy) is 1. The van der Waals surface area contributed by atoms with Crippen molar-refractivity contribution in [3.05, 3.63) is 48.2 Å². The predicted octanol–water partition coefficient (Wildman–Crippen LogP) is 1.59. The van der Waals surface area contributed by atoms with E-state index in [2.05, 4.69) is 22.5 Å². The Morgan fingerprint density at radius 1 is 1.35 bits per heavy atom. The fourth-order valence-electron chi connectivity index (χ4n) is 2.93. The molecule has 1 N–H and O–H groups in total. The van der Waals surface area contributed by atoms with Gasteiger partial charge in [-0.2, -0.15) is 5.10 Å². The van der Waals surface area contributed by atoms with Gasteiger partial charge in [-0.3, -0.25) is 14.4 Å².